The molecule has 0 amide bonds. The molecular formula is C55H38N4. The molecule has 0 aliphatic heterocycles. The van der Waals surface area contributed by atoms with E-state index in [9.17, 15) is 0 Å². The van der Waals surface area contributed by atoms with Crippen molar-refractivity contribution in [2.24, 2.45) is 0 Å². The number of hydrogen-bond donors (Lipinski definition) is 0. The SMILES string of the molecule is CC1(C)c2ccccc2-c2ccc(-c3cc(-c4ccc(-c5ccccc5)cc4)nc(-n4c5ccccc5c5cc(-n6c7ccccc7c7ccccc76)ccc54)n3)cc21. The van der Waals surface area contributed by atoms with Crippen LogP contribution in [0.5, 0.6) is 0 Å². The van der Waals surface area contributed by atoms with Crippen molar-refractivity contribution in [3.63, 3.8) is 0 Å². The number of para-hydroxylation sites is 3. The normalized spacial score (nSPS) is 13.1. The van der Waals surface area contributed by atoms with E-state index in [2.05, 4.69) is 217 Å². The van der Waals surface area contributed by atoms with Gasteiger partial charge in [-0.05, 0) is 81.9 Å². The Labute approximate surface area is 342 Å². The van der Waals surface area contributed by atoms with E-state index in [1.54, 1.807) is 0 Å². The van der Waals surface area contributed by atoms with E-state index < -0.39 is 0 Å². The van der Waals surface area contributed by atoms with Gasteiger partial charge in [0.05, 0.1) is 33.5 Å². The van der Waals surface area contributed by atoms with Crippen molar-refractivity contribution in [1.29, 1.82) is 0 Å². The summed E-state index contributed by atoms with van der Waals surface area (Å²) in [6.07, 6.45) is 0. The average molecular weight is 755 g/mol. The van der Waals surface area contributed by atoms with Gasteiger partial charge in [-0.15, -0.1) is 0 Å². The molecule has 0 spiro atoms. The standard InChI is InChI=1S/C55H38N4/c1-55(2)46-20-10-6-16-40(46)41-30-28-38(32-47(41)55)49-34-48(37-26-24-36(25-27-37)35-14-4-3-5-15-35)56-54(57-49)59-52-23-13-9-19-44(52)45-33-39(29-31-53(45)59)58-50-21-11-7-17-42(50)43-18-8-12-22-51(43)58/h3-34H,1-2H3. The van der Waals surface area contributed by atoms with Gasteiger partial charge >= 0.3 is 0 Å². The smallest absolute Gasteiger partial charge is 0.235 e. The van der Waals surface area contributed by atoms with Crippen molar-refractivity contribution >= 4 is 43.6 Å². The first-order valence-electron chi connectivity index (χ1n) is 20.3. The second-order valence-corrected chi connectivity index (χ2v) is 16.2. The predicted octanol–water partition coefficient (Wildman–Crippen LogP) is 14.0. The lowest BCUT2D eigenvalue weighted by Gasteiger charge is -2.22. The van der Waals surface area contributed by atoms with Gasteiger partial charge in [-0.3, -0.25) is 4.57 Å². The molecule has 8 aromatic carbocycles. The van der Waals surface area contributed by atoms with Gasteiger partial charge in [-0.2, -0.15) is 0 Å². The van der Waals surface area contributed by atoms with Gasteiger partial charge in [0.1, 0.15) is 0 Å². The highest BCUT2D eigenvalue weighted by molar-refractivity contribution is 6.12. The number of benzene rings is 8. The fraction of sp³-hybridized carbons (Fsp3) is 0.0545. The number of rotatable bonds is 5. The maximum Gasteiger partial charge on any atom is 0.235 e. The minimum Gasteiger partial charge on any atom is -0.309 e. The lowest BCUT2D eigenvalue weighted by molar-refractivity contribution is 0.660. The van der Waals surface area contributed by atoms with Crippen LogP contribution < -0.4 is 0 Å². The molecule has 3 heterocycles. The summed E-state index contributed by atoms with van der Waals surface area (Å²) < 4.78 is 4.64. The predicted molar refractivity (Wildman–Crippen MR) is 245 cm³/mol. The highest BCUT2D eigenvalue weighted by atomic mass is 15.2. The molecule has 3 aromatic heterocycles. The van der Waals surface area contributed by atoms with Crippen LogP contribution >= 0.6 is 0 Å². The first-order chi connectivity index (χ1) is 29.0. The molecule has 1 aliphatic rings. The molecule has 0 bridgehead atoms. The third-order valence-electron chi connectivity index (χ3n) is 12.6. The summed E-state index contributed by atoms with van der Waals surface area (Å²) in [7, 11) is 0. The highest BCUT2D eigenvalue weighted by Crippen LogP contribution is 2.49. The van der Waals surface area contributed by atoms with E-state index in [4.69, 9.17) is 9.97 Å². The number of nitrogens with zero attached hydrogens (tertiary/aromatic N) is 4. The van der Waals surface area contributed by atoms with Crippen molar-refractivity contribution in [2.45, 2.75) is 19.3 Å². The van der Waals surface area contributed by atoms with E-state index in [1.165, 1.54) is 55.2 Å². The quantitative estimate of drug-likeness (QED) is 0.175. The van der Waals surface area contributed by atoms with Crippen molar-refractivity contribution in [3.05, 3.63) is 205 Å². The Morgan fingerprint density at radius 2 is 0.864 bits per heavy atom. The molecule has 0 atom stereocenters. The second kappa shape index (κ2) is 12.7. The molecule has 0 fully saturated rings. The van der Waals surface area contributed by atoms with Gasteiger partial charge in [0.15, 0.2) is 0 Å². The first kappa shape index (κ1) is 33.6. The molecular weight excluding hydrogens is 717 g/mol. The summed E-state index contributed by atoms with van der Waals surface area (Å²) in [5.74, 6) is 0.642. The van der Waals surface area contributed by atoms with E-state index in [0.717, 1.165) is 50.0 Å². The minimum atomic E-state index is -0.130. The van der Waals surface area contributed by atoms with Gasteiger partial charge in [-0.25, -0.2) is 9.97 Å². The average Bonchev–Trinajstić information content (AvgIpc) is 3.89. The molecule has 1 aliphatic carbocycles. The minimum absolute atomic E-state index is 0.130. The van der Waals surface area contributed by atoms with Gasteiger partial charge in [0.2, 0.25) is 5.95 Å². The lowest BCUT2D eigenvalue weighted by Crippen LogP contribution is -2.15. The zero-order valence-electron chi connectivity index (χ0n) is 32.8. The Morgan fingerprint density at radius 1 is 0.356 bits per heavy atom. The fourth-order valence-electron chi connectivity index (χ4n) is 9.67. The molecule has 11 aromatic rings. The van der Waals surface area contributed by atoms with Crippen molar-refractivity contribution in [1.82, 2.24) is 19.1 Å². The lowest BCUT2D eigenvalue weighted by atomic mass is 9.82. The summed E-state index contributed by atoms with van der Waals surface area (Å²) in [4.78, 5) is 10.9. The van der Waals surface area contributed by atoms with Crippen LogP contribution in [0.1, 0.15) is 25.0 Å². The zero-order chi connectivity index (χ0) is 39.2. The summed E-state index contributed by atoms with van der Waals surface area (Å²) in [6.45, 7) is 4.66. The Bertz CT molecular complexity index is 3410. The van der Waals surface area contributed by atoms with E-state index in [-0.39, 0.29) is 5.41 Å². The largest absolute Gasteiger partial charge is 0.309 e. The van der Waals surface area contributed by atoms with Gasteiger partial charge in [0, 0.05) is 43.8 Å². The first-order valence-corrected chi connectivity index (χ1v) is 20.3. The monoisotopic (exact) mass is 754 g/mol. The van der Waals surface area contributed by atoms with Crippen LogP contribution in [0, 0.1) is 0 Å². The number of aromatic nitrogens is 4. The summed E-state index contributed by atoms with van der Waals surface area (Å²) in [6, 6.07) is 69.9. The third-order valence-corrected chi connectivity index (χ3v) is 12.6. The molecule has 12 rings (SSSR count). The summed E-state index contributed by atoms with van der Waals surface area (Å²) in [5, 5.41) is 4.81. The van der Waals surface area contributed by atoms with Crippen molar-refractivity contribution in [3.8, 4) is 56.4 Å². The van der Waals surface area contributed by atoms with Crippen LogP contribution in [-0.4, -0.2) is 19.1 Å². The van der Waals surface area contributed by atoms with Crippen molar-refractivity contribution in [2.75, 3.05) is 0 Å². The number of fused-ring (bicyclic) bond motifs is 9. The molecule has 278 valence electrons. The maximum absolute atomic E-state index is 5.46. The number of hydrogen-bond acceptors (Lipinski definition) is 2. The molecule has 0 N–H and O–H groups in total. The Balaban J connectivity index is 1.07. The van der Waals surface area contributed by atoms with Crippen LogP contribution in [0.4, 0.5) is 0 Å². The van der Waals surface area contributed by atoms with Gasteiger partial charge < -0.3 is 4.57 Å². The van der Waals surface area contributed by atoms with Crippen molar-refractivity contribution < 1.29 is 0 Å². The van der Waals surface area contributed by atoms with Crippen LogP contribution in [0.25, 0.3) is 100 Å². The fourth-order valence-corrected chi connectivity index (χ4v) is 9.67. The summed E-state index contributed by atoms with van der Waals surface area (Å²) >= 11 is 0. The van der Waals surface area contributed by atoms with Crippen LogP contribution in [-0.2, 0) is 5.41 Å². The Kier molecular flexibility index (Phi) is 7.24. The summed E-state index contributed by atoms with van der Waals surface area (Å²) in [5.41, 5.74) is 17.0. The maximum atomic E-state index is 5.46. The van der Waals surface area contributed by atoms with Crippen LogP contribution in [0.2, 0.25) is 0 Å². The molecule has 0 saturated carbocycles. The van der Waals surface area contributed by atoms with E-state index in [1.807, 2.05) is 0 Å². The molecule has 4 heteroatoms. The molecule has 0 unspecified atom stereocenters. The third kappa shape index (κ3) is 5.09. The molecule has 59 heavy (non-hydrogen) atoms. The molecule has 0 radical (unpaired) electrons. The van der Waals surface area contributed by atoms with Gasteiger partial charge in [-0.1, -0.05) is 159 Å². The molecule has 4 nitrogen and oxygen atoms in total. The second-order valence-electron chi connectivity index (χ2n) is 16.2. The Morgan fingerprint density at radius 3 is 1.58 bits per heavy atom. The highest BCUT2D eigenvalue weighted by Gasteiger charge is 2.35. The molecule has 0 saturated heterocycles. The zero-order valence-corrected chi connectivity index (χ0v) is 32.8. The van der Waals surface area contributed by atoms with Gasteiger partial charge in [0.25, 0.3) is 0 Å². The van der Waals surface area contributed by atoms with Crippen LogP contribution in [0.15, 0.2) is 194 Å². The topological polar surface area (TPSA) is 35.6 Å². The van der Waals surface area contributed by atoms with E-state index >= 15 is 0 Å². The van der Waals surface area contributed by atoms with Crippen LogP contribution in [0.3, 0.4) is 0 Å². The Hall–Kier alpha value is -7.56. The van der Waals surface area contributed by atoms with E-state index in [0.29, 0.717) is 5.95 Å².